The summed E-state index contributed by atoms with van der Waals surface area (Å²) in [5.74, 6) is -1.94. The van der Waals surface area contributed by atoms with Crippen molar-refractivity contribution in [2.45, 2.75) is 6.92 Å². The molecule has 0 unspecified atom stereocenters. The Bertz CT molecular complexity index is 1020. The van der Waals surface area contributed by atoms with E-state index < -0.39 is 23.1 Å². The standard InChI is InChI=1S/C22H18F2N2O3/c1-2-29-18-10-8-17(9-11-18)25-21(27)14-3-6-16(7-4-14)26-22(28)19-13-15(23)5-12-20(19)24/h3-13H,2H2,1H3,(H,25,27)(H,26,28). The number of anilines is 2. The minimum absolute atomic E-state index is 0.330. The maximum Gasteiger partial charge on any atom is 0.258 e. The SMILES string of the molecule is CCOc1ccc(NC(=O)c2ccc(NC(=O)c3cc(F)ccc3F)cc2)cc1. The minimum atomic E-state index is -0.824. The second-order valence-electron chi connectivity index (χ2n) is 6.07. The molecule has 0 fully saturated rings. The largest absolute Gasteiger partial charge is 0.494 e. The van der Waals surface area contributed by atoms with Crippen LogP contribution in [0.25, 0.3) is 0 Å². The first-order valence-corrected chi connectivity index (χ1v) is 8.87. The summed E-state index contributed by atoms with van der Waals surface area (Å²) in [6, 6.07) is 15.6. The number of rotatable bonds is 6. The number of carbonyl (C=O) groups excluding carboxylic acids is 2. The summed E-state index contributed by atoms with van der Waals surface area (Å²) >= 11 is 0. The number of hydrogen-bond donors (Lipinski definition) is 2. The van der Waals surface area contributed by atoms with Gasteiger partial charge in [-0.2, -0.15) is 0 Å². The normalized spacial score (nSPS) is 10.3. The highest BCUT2D eigenvalue weighted by atomic mass is 19.1. The van der Waals surface area contributed by atoms with Crippen molar-refractivity contribution in [2.24, 2.45) is 0 Å². The van der Waals surface area contributed by atoms with Gasteiger partial charge >= 0.3 is 0 Å². The molecule has 0 aliphatic carbocycles. The van der Waals surface area contributed by atoms with Gasteiger partial charge in [-0.25, -0.2) is 8.78 Å². The van der Waals surface area contributed by atoms with E-state index in [1.165, 1.54) is 24.3 Å². The molecule has 0 aromatic heterocycles. The number of hydrogen-bond acceptors (Lipinski definition) is 3. The summed E-state index contributed by atoms with van der Waals surface area (Å²) in [5.41, 5.74) is 0.921. The molecule has 29 heavy (non-hydrogen) atoms. The first kappa shape index (κ1) is 20.0. The highest BCUT2D eigenvalue weighted by Gasteiger charge is 2.13. The van der Waals surface area contributed by atoms with Crippen LogP contribution in [0.4, 0.5) is 20.2 Å². The predicted octanol–water partition coefficient (Wildman–Crippen LogP) is 4.87. The summed E-state index contributed by atoms with van der Waals surface area (Å²) in [7, 11) is 0. The Balaban J connectivity index is 1.64. The Morgan fingerprint density at radius 1 is 0.828 bits per heavy atom. The molecule has 0 saturated heterocycles. The fourth-order valence-electron chi connectivity index (χ4n) is 2.58. The molecular formula is C22H18F2N2O3. The zero-order valence-electron chi connectivity index (χ0n) is 15.5. The predicted molar refractivity (Wildman–Crippen MR) is 106 cm³/mol. The van der Waals surface area contributed by atoms with Crippen LogP contribution in [0.1, 0.15) is 27.6 Å². The van der Waals surface area contributed by atoms with E-state index in [2.05, 4.69) is 10.6 Å². The van der Waals surface area contributed by atoms with E-state index in [4.69, 9.17) is 4.74 Å². The van der Waals surface area contributed by atoms with Crippen LogP contribution in [0.15, 0.2) is 66.7 Å². The Morgan fingerprint density at radius 3 is 2.03 bits per heavy atom. The molecule has 5 nitrogen and oxygen atoms in total. The van der Waals surface area contributed by atoms with Gasteiger partial charge in [0.1, 0.15) is 17.4 Å². The van der Waals surface area contributed by atoms with E-state index in [0.29, 0.717) is 29.3 Å². The van der Waals surface area contributed by atoms with E-state index >= 15 is 0 Å². The fraction of sp³-hybridized carbons (Fsp3) is 0.0909. The van der Waals surface area contributed by atoms with Crippen molar-refractivity contribution < 1.29 is 23.1 Å². The molecule has 0 heterocycles. The lowest BCUT2D eigenvalue weighted by Crippen LogP contribution is -2.15. The molecule has 2 amide bonds. The molecule has 3 rings (SSSR count). The van der Waals surface area contributed by atoms with Gasteiger partial charge in [0.2, 0.25) is 0 Å². The van der Waals surface area contributed by atoms with Gasteiger partial charge in [0.05, 0.1) is 12.2 Å². The molecular weight excluding hydrogens is 378 g/mol. The van der Waals surface area contributed by atoms with Gasteiger partial charge in [0.15, 0.2) is 0 Å². The Labute approximate surface area is 166 Å². The number of benzene rings is 3. The van der Waals surface area contributed by atoms with Crippen molar-refractivity contribution in [3.05, 3.63) is 89.5 Å². The van der Waals surface area contributed by atoms with Crippen molar-refractivity contribution in [3.63, 3.8) is 0 Å². The van der Waals surface area contributed by atoms with E-state index in [-0.39, 0.29) is 5.91 Å². The van der Waals surface area contributed by atoms with Gasteiger partial charge in [0.25, 0.3) is 11.8 Å². The van der Waals surface area contributed by atoms with Gasteiger partial charge < -0.3 is 15.4 Å². The molecule has 2 N–H and O–H groups in total. The van der Waals surface area contributed by atoms with Crippen molar-refractivity contribution in [1.82, 2.24) is 0 Å². The second kappa shape index (κ2) is 8.97. The Kier molecular flexibility index (Phi) is 6.19. The van der Waals surface area contributed by atoms with E-state index in [1.807, 2.05) is 6.92 Å². The van der Waals surface area contributed by atoms with Crippen LogP contribution in [0.2, 0.25) is 0 Å². The molecule has 0 saturated carbocycles. The van der Waals surface area contributed by atoms with E-state index in [1.54, 1.807) is 24.3 Å². The summed E-state index contributed by atoms with van der Waals surface area (Å²) < 4.78 is 32.3. The molecule has 3 aromatic carbocycles. The number of amides is 2. The summed E-state index contributed by atoms with van der Waals surface area (Å²) in [4.78, 5) is 24.5. The second-order valence-corrected chi connectivity index (χ2v) is 6.07. The number of carbonyl (C=O) groups is 2. The lowest BCUT2D eigenvalue weighted by atomic mass is 10.1. The first-order valence-electron chi connectivity index (χ1n) is 8.87. The van der Waals surface area contributed by atoms with Gasteiger partial charge in [-0.15, -0.1) is 0 Å². The lowest BCUT2D eigenvalue weighted by molar-refractivity contribution is 0.101. The molecule has 0 spiro atoms. The Morgan fingerprint density at radius 2 is 1.41 bits per heavy atom. The molecule has 0 atom stereocenters. The topological polar surface area (TPSA) is 67.4 Å². The lowest BCUT2D eigenvalue weighted by Gasteiger charge is -2.09. The summed E-state index contributed by atoms with van der Waals surface area (Å²) in [6.45, 7) is 2.44. The first-order chi connectivity index (χ1) is 14.0. The third kappa shape index (κ3) is 5.16. The molecule has 0 radical (unpaired) electrons. The van der Waals surface area contributed by atoms with Crippen molar-refractivity contribution in [2.75, 3.05) is 17.2 Å². The number of nitrogens with one attached hydrogen (secondary N) is 2. The van der Waals surface area contributed by atoms with Crippen LogP contribution >= 0.6 is 0 Å². The molecule has 3 aromatic rings. The van der Waals surface area contributed by atoms with Crippen LogP contribution in [-0.2, 0) is 0 Å². The maximum absolute atomic E-state index is 13.7. The molecule has 0 aliphatic heterocycles. The molecule has 148 valence electrons. The van der Waals surface area contributed by atoms with Crippen molar-refractivity contribution in [3.8, 4) is 5.75 Å². The zero-order valence-corrected chi connectivity index (χ0v) is 15.5. The van der Waals surface area contributed by atoms with E-state index in [9.17, 15) is 18.4 Å². The van der Waals surface area contributed by atoms with E-state index in [0.717, 1.165) is 18.2 Å². The van der Waals surface area contributed by atoms with Gasteiger partial charge in [-0.3, -0.25) is 9.59 Å². The third-order valence-electron chi connectivity index (χ3n) is 4.00. The van der Waals surface area contributed by atoms with Gasteiger partial charge in [0, 0.05) is 16.9 Å². The van der Waals surface area contributed by atoms with Crippen LogP contribution in [-0.4, -0.2) is 18.4 Å². The highest BCUT2D eigenvalue weighted by Crippen LogP contribution is 2.18. The van der Waals surface area contributed by atoms with Crippen LogP contribution in [0, 0.1) is 11.6 Å². The highest BCUT2D eigenvalue weighted by molar-refractivity contribution is 6.06. The van der Waals surface area contributed by atoms with Crippen LogP contribution in [0.5, 0.6) is 5.75 Å². The maximum atomic E-state index is 13.7. The molecule has 0 aliphatic rings. The quantitative estimate of drug-likeness (QED) is 0.625. The van der Waals surface area contributed by atoms with Crippen molar-refractivity contribution >= 4 is 23.2 Å². The summed E-state index contributed by atoms with van der Waals surface area (Å²) in [5, 5.41) is 5.22. The van der Waals surface area contributed by atoms with Crippen LogP contribution < -0.4 is 15.4 Å². The summed E-state index contributed by atoms with van der Waals surface area (Å²) in [6.07, 6.45) is 0. The monoisotopic (exact) mass is 396 g/mol. The minimum Gasteiger partial charge on any atom is -0.494 e. The smallest absolute Gasteiger partial charge is 0.258 e. The average Bonchev–Trinajstić information content (AvgIpc) is 2.72. The average molecular weight is 396 g/mol. The molecule has 7 heteroatoms. The zero-order chi connectivity index (χ0) is 20.8. The van der Waals surface area contributed by atoms with Crippen LogP contribution in [0.3, 0.4) is 0 Å². The van der Waals surface area contributed by atoms with Gasteiger partial charge in [-0.1, -0.05) is 0 Å². The third-order valence-corrected chi connectivity index (χ3v) is 4.00. The number of ether oxygens (including phenoxy) is 1. The fourth-order valence-corrected chi connectivity index (χ4v) is 2.58. The Hall–Kier alpha value is -3.74. The van der Waals surface area contributed by atoms with Crippen molar-refractivity contribution in [1.29, 1.82) is 0 Å². The molecule has 0 bridgehead atoms. The van der Waals surface area contributed by atoms with Gasteiger partial charge in [-0.05, 0) is 73.7 Å². The number of halogens is 2.